The van der Waals surface area contributed by atoms with E-state index in [1.54, 1.807) is 19.9 Å². The number of ether oxygens (including phenoxy) is 1. The molecule has 9 heteroatoms. The van der Waals surface area contributed by atoms with Gasteiger partial charge in [-0.2, -0.15) is 0 Å². The van der Waals surface area contributed by atoms with Crippen LogP contribution in [0.2, 0.25) is 0 Å². The lowest BCUT2D eigenvalue weighted by atomic mass is 10.1. The van der Waals surface area contributed by atoms with E-state index in [0.717, 1.165) is 0 Å². The molecule has 0 aliphatic carbocycles. The molecule has 0 heterocycles. The van der Waals surface area contributed by atoms with Crippen molar-refractivity contribution in [1.82, 2.24) is 0 Å². The Morgan fingerprint density at radius 1 is 1.08 bits per heavy atom. The van der Waals surface area contributed by atoms with Gasteiger partial charge in [-0.15, -0.1) is 9.05 Å². The Morgan fingerprint density at radius 3 is 2.27 bits per heavy atom. The third-order valence-electron chi connectivity index (χ3n) is 2.87. The zero-order valence-electron chi connectivity index (χ0n) is 15.5. The van der Waals surface area contributed by atoms with E-state index in [-0.39, 0.29) is 18.6 Å². The summed E-state index contributed by atoms with van der Waals surface area (Å²) in [5.41, 5.74) is 0.370. The van der Waals surface area contributed by atoms with E-state index < -0.39 is 21.9 Å². The lowest BCUT2D eigenvalue weighted by Gasteiger charge is -1.98. The number of carbonyl (C=O) groups is 1. The van der Waals surface area contributed by atoms with Gasteiger partial charge in [-0.3, -0.25) is 4.79 Å². The molecule has 26 heavy (non-hydrogen) atoms. The molecule has 146 valence electrons. The van der Waals surface area contributed by atoms with Crippen LogP contribution < -0.4 is 0 Å². The lowest BCUT2D eigenvalue weighted by Crippen LogP contribution is -2.00. The predicted molar refractivity (Wildman–Crippen MR) is 99.8 cm³/mol. The maximum absolute atomic E-state index is 12.9. The summed E-state index contributed by atoms with van der Waals surface area (Å²) in [7, 11) is -3.22. The molecule has 0 N–H and O–H groups in total. The number of ketones is 1. The summed E-state index contributed by atoms with van der Waals surface area (Å²) in [6, 6.07) is 5.63. The summed E-state index contributed by atoms with van der Waals surface area (Å²) >= 11 is 0. The second-order valence-electron chi connectivity index (χ2n) is 4.92. The largest absolute Gasteiger partial charge is 0.697 e. The van der Waals surface area contributed by atoms with Crippen molar-refractivity contribution in [1.29, 1.82) is 0 Å². The van der Waals surface area contributed by atoms with Crippen molar-refractivity contribution in [3.8, 4) is 0 Å². The molecule has 0 aliphatic heterocycles. The molecule has 0 fully saturated rings. The van der Waals surface area contributed by atoms with Gasteiger partial charge < -0.3 is 4.74 Å². The van der Waals surface area contributed by atoms with Crippen LogP contribution in [-0.4, -0.2) is 38.1 Å². The normalized spacial score (nSPS) is 10.7. The van der Waals surface area contributed by atoms with Gasteiger partial charge in [-0.05, 0) is 39.3 Å². The molecular weight excluding hydrogens is 381 g/mol. The molecule has 6 nitrogen and oxygen atoms in total. The maximum Gasteiger partial charge on any atom is 0.697 e. The summed E-state index contributed by atoms with van der Waals surface area (Å²) in [6.07, 6.45) is 1.55. The Balaban J connectivity index is 0.000000660. The van der Waals surface area contributed by atoms with Crippen molar-refractivity contribution in [3.63, 3.8) is 0 Å². The molecule has 1 unspecified atom stereocenters. The summed E-state index contributed by atoms with van der Waals surface area (Å²) < 4.78 is 48.8. The van der Waals surface area contributed by atoms with Crippen molar-refractivity contribution in [2.24, 2.45) is 0 Å². The SMILES string of the molecule is CCOC[P+](=O)CCCC(=O)c1cccc(F)c1.CCO[P+](=O)OCC. The monoisotopic (exact) mass is 408 g/mol. The molecule has 1 aromatic carbocycles. The van der Waals surface area contributed by atoms with Crippen molar-refractivity contribution in [2.45, 2.75) is 33.6 Å². The minimum atomic E-state index is -1.83. The molecule has 0 saturated heterocycles. The Hall–Kier alpha value is -1.10. The summed E-state index contributed by atoms with van der Waals surface area (Å²) in [4.78, 5) is 11.7. The maximum atomic E-state index is 12.9. The van der Waals surface area contributed by atoms with Gasteiger partial charge in [0.25, 0.3) is 0 Å². The highest BCUT2D eigenvalue weighted by atomic mass is 31.1. The molecule has 0 amide bonds. The van der Waals surface area contributed by atoms with E-state index in [2.05, 4.69) is 9.05 Å². The van der Waals surface area contributed by atoms with E-state index in [0.29, 0.717) is 38.0 Å². The topological polar surface area (TPSA) is 78.9 Å². The number of rotatable bonds is 12. The minimum Gasteiger partial charge on any atom is -0.338 e. The summed E-state index contributed by atoms with van der Waals surface area (Å²) in [6.45, 7) is 6.81. The minimum absolute atomic E-state index is 0.116. The Labute approximate surface area is 156 Å². The van der Waals surface area contributed by atoms with Crippen molar-refractivity contribution in [2.75, 3.05) is 32.3 Å². The standard InChI is InChI=1S/C13H17FO3P.C4H10O3P/c1-2-17-10-18(16)8-4-7-13(15)11-5-3-6-12(14)9-11;1-3-6-8(5)7-4-2/h3,5-6,9H,2,4,7-8,10H2,1H3;3-4H2,1-2H3/q2*+1. The van der Waals surface area contributed by atoms with Crippen molar-refractivity contribution < 1.29 is 32.1 Å². The van der Waals surface area contributed by atoms with Crippen LogP contribution in [0.1, 0.15) is 44.0 Å². The highest BCUT2D eigenvalue weighted by Gasteiger charge is 2.16. The first-order valence-corrected chi connectivity index (χ1v) is 11.2. The fraction of sp³-hybridized carbons (Fsp3) is 0.588. The van der Waals surface area contributed by atoms with Gasteiger partial charge in [-0.1, -0.05) is 16.7 Å². The van der Waals surface area contributed by atoms with Gasteiger partial charge in [0.2, 0.25) is 6.35 Å². The number of benzene rings is 1. The van der Waals surface area contributed by atoms with Crippen LogP contribution >= 0.6 is 16.1 Å². The molecule has 0 radical (unpaired) electrons. The number of hydrogen-bond acceptors (Lipinski definition) is 6. The van der Waals surface area contributed by atoms with Gasteiger partial charge in [-0.25, -0.2) is 4.39 Å². The van der Waals surface area contributed by atoms with Crippen molar-refractivity contribution in [3.05, 3.63) is 35.6 Å². The third-order valence-corrected chi connectivity index (χ3v) is 5.09. The molecule has 0 saturated carbocycles. The van der Waals surface area contributed by atoms with Crippen molar-refractivity contribution >= 4 is 21.8 Å². The third kappa shape index (κ3) is 13.2. The molecule has 1 aromatic rings. The van der Waals surface area contributed by atoms with E-state index in [1.165, 1.54) is 18.2 Å². The highest BCUT2D eigenvalue weighted by molar-refractivity contribution is 7.44. The molecule has 0 aliphatic rings. The van der Waals surface area contributed by atoms with E-state index in [9.17, 15) is 18.3 Å². The zero-order valence-corrected chi connectivity index (χ0v) is 17.3. The zero-order chi connectivity index (χ0) is 19.8. The molecule has 0 aromatic heterocycles. The lowest BCUT2D eigenvalue weighted by molar-refractivity contribution is 0.0981. The molecule has 0 bridgehead atoms. The molecule has 1 rings (SSSR count). The van der Waals surface area contributed by atoms with Gasteiger partial charge >= 0.3 is 16.1 Å². The average Bonchev–Trinajstić information content (AvgIpc) is 2.61. The average molecular weight is 408 g/mol. The number of Topliss-reactive ketones (excluding diaryl/α,β-unsaturated/α-hetero) is 1. The van der Waals surface area contributed by atoms with Crippen LogP contribution in [0.3, 0.4) is 0 Å². The quantitative estimate of drug-likeness (QED) is 0.344. The van der Waals surface area contributed by atoms with E-state index >= 15 is 0 Å². The van der Waals surface area contributed by atoms with Gasteiger partial charge in [0, 0.05) is 23.2 Å². The number of halogens is 1. The van der Waals surface area contributed by atoms with E-state index in [1.807, 2.05) is 6.92 Å². The van der Waals surface area contributed by atoms with Gasteiger partial charge in [0.1, 0.15) is 25.2 Å². The molecule has 0 spiro atoms. The number of carbonyl (C=O) groups excluding carboxylic acids is 1. The van der Waals surface area contributed by atoms with Crippen LogP contribution in [0.5, 0.6) is 0 Å². The summed E-state index contributed by atoms with van der Waals surface area (Å²) in [5.74, 6) is -0.530. The fourth-order valence-corrected chi connectivity index (χ4v) is 3.25. The first-order chi connectivity index (χ1) is 12.4. The Kier molecular flexibility index (Phi) is 15.4. The van der Waals surface area contributed by atoms with Crippen LogP contribution in [-0.2, 0) is 22.9 Å². The first kappa shape index (κ1) is 24.9. The molecular formula is C17H27FO6P2+2. The highest BCUT2D eigenvalue weighted by Crippen LogP contribution is 2.23. The van der Waals surface area contributed by atoms with Gasteiger partial charge in [0.05, 0.1) is 0 Å². The van der Waals surface area contributed by atoms with Crippen LogP contribution in [0.25, 0.3) is 0 Å². The predicted octanol–water partition coefficient (Wildman–Crippen LogP) is 5.33. The Morgan fingerprint density at radius 2 is 1.73 bits per heavy atom. The van der Waals surface area contributed by atoms with Gasteiger partial charge in [0.15, 0.2) is 5.78 Å². The second-order valence-corrected chi connectivity index (χ2v) is 7.56. The van der Waals surface area contributed by atoms with E-state index in [4.69, 9.17) is 4.74 Å². The smallest absolute Gasteiger partial charge is 0.338 e. The molecule has 1 atom stereocenters. The first-order valence-electron chi connectivity index (χ1n) is 8.46. The van der Waals surface area contributed by atoms with Crippen LogP contribution in [0.15, 0.2) is 24.3 Å². The fourth-order valence-electron chi connectivity index (χ4n) is 1.73. The Bertz CT molecular complexity index is 560. The second kappa shape index (κ2) is 16.1. The number of hydrogen-bond donors (Lipinski definition) is 0. The van der Waals surface area contributed by atoms with Crippen LogP contribution in [0.4, 0.5) is 4.39 Å². The van der Waals surface area contributed by atoms with Crippen LogP contribution in [0, 0.1) is 5.82 Å². The summed E-state index contributed by atoms with van der Waals surface area (Å²) in [5, 5.41) is 0.